The van der Waals surface area contributed by atoms with Gasteiger partial charge in [0.1, 0.15) is 11.4 Å². The van der Waals surface area contributed by atoms with E-state index in [9.17, 15) is 4.79 Å². The fourth-order valence-corrected chi connectivity index (χ4v) is 3.08. The van der Waals surface area contributed by atoms with Crippen LogP contribution in [0.5, 0.6) is 5.75 Å². The lowest BCUT2D eigenvalue weighted by atomic mass is 10.1. The smallest absolute Gasteiger partial charge is 0.410 e. The van der Waals surface area contributed by atoms with Gasteiger partial charge in [-0.1, -0.05) is 6.07 Å². The average Bonchev–Trinajstić information content (AvgIpc) is 2.45. The van der Waals surface area contributed by atoms with Crippen LogP contribution in [0.4, 0.5) is 10.5 Å². The van der Waals surface area contributed by atoms with E-state index in [0.29, 0.717) is 13.1 Å². The number of benzene rings is 1. The van der Waals surface area contributed by atoms with E-state index in [1.54, 1.807) is 12.0 Å². The first-order valence-corrected chi connectivity index (χ1v) is 8.11. The Labute approximate surface area is 139 Å². The zero-order chi connectivity index (χ0) is 17.2. The molecule has 23 heavy (non-hydrogen) atoms. The van der Waals surface area contributed by atoms with Gasteiger partial charge >= 0.3 is 6.09 Å². The Morgan fingerprint density at radius 1 is 1.17 bits per heavy atom. The minimum atomic E-state index is -0.465. The monoisotopic (exact) mass is 320 g/mol. The molecule has 0 spiro atoms. The van der Waals surface area contributed by atoms with Crippen LogP contribution < -0.4 is 9.64 Å². The van der Waals surface area contributed by atoms with Gasteiger partial charge in [0.25, 0.3) is 0 Å². The third kappa shape index (κ3) is 4.30. The molecule has 5 heteroatoms. The summed E-state index contributed by atoms with van der Waals surface area (Å²) in [7, 11) is 1.67. The molecule has 128 valence electrons. The van der Waals surface area contributed by atoms with Gasteiger partial charge < -0.3 is 19.3 Å². The van der Waals surface area contributed by atoms with Crippen LogP contribution in [0.3, 0.4) is 0 Å². The topological polar surface area (TPSA) is 42.0 Å². The molecule has 1 fully saturated rings. The third-order valence-electron chi connectivity index (χ3n) is 3.92. The van der Waals surface area contributed by atoms with Gasteiger partial charge in [0.15, 0.2) is 0 Å². The molecule has 2 atom stereocenters. The van der Waals surface area contributed by atoms with Crippen molar-refractivity contribution in [3.8, 4) is 5.75 Å². The van der Waals surface area contributed by atoms with Gasteiger partial charge in [-0.15, -0.1) is 0 Å². The molecule has 0 bridgehead atoms. The molecule has 2 rings (SSSR count). The first-order chi connectivity index (χ1) is 10.7. The molecule has 1 saturated heterocycles. The maximum Gasteiger partial charge on any atom is 0.410 e. The largest absolute Gasteiger partial charge is 0.497 e. The maximum absolute atomic E-state index is 12.3. The summed E-state index contributed by atoms with van der Waals surface area (Å²) in [6.07, 6.45) is -0.235. The summed E-state index contributed by atoms with van der Waals surface area (Å²) in [6.45, 7) is 11.2. The highest BCUT2D eigenvalue weighted by Gasteiger charge is 2.34. The first-order valence-electron chi connectivity index (χ1n) is 8.11. The lowest BCUT2D eigenvalue weighted by Crippen LogP contribution is -2.58. The summed E-state index contributed by atoms with van der Waals surface area (Å²) in [5.41, 5.74) is 0.654. The summed E-state index contributed by atoms with van der Waals surface area (Å²) in [4.78, 5) is 16.5. The highest BCUT2D eigenvalue weighted by molar-refractivity contribution is 5.69. The number of carbonyl (C=O) groups is 1. The van der Waals surface area contributed by atoms with Crippen LogP contribution in [0.2, 0.25) is 0 Å². The lowest BCUT2D eigenvalue weighted by Gasteiger charge is -2.45. The van der Waals surface area contributed by atoms with E-state index in [0.717, 1.165) is 11.4 Å². The summed E-state index contributed by atoms with van der Waals surface area (Å²) >= 11 is 0. The Balaban J connectivity index is 2.12. The van der Waals surface area contributed by atoms with E-state index >= 15 is 0 Å². The summed E-state index contributed by atoms with van der Waals surface area (Å²) in [5, 5.41) is 0. The summed E-state index contributed by atoms with van der Waals surface area (Å²) in [5.74, 6) is 0.844. The van der Waals surface area contributed by atoms with Crippen LogP contribution in [-0.2, 0) is 4.74 Å². The van der Waals surface area contributed by atoms with Crippen LogP contribution in [0.15, 0.2) is 24.3 Å². The van der Waals surface area contributed by atoms with Gasteiger partial charge in [0.2, 0.25) is 0 Å². The van der Waals surface area contributed by atoms with Crippen molar-refractivity contribution in [2.24, 2.45) is 0 Å². The highest BCUT2D eigenvalue weighted by Crippen LogP contribution is 2.28. The van der Waals surface area contributed by atoms with Crippen LogP contribution >= 0.6 is 0 Å². The van der Waals surface area contributed by atoms with Crippen molar-refractivity contribution >= 4 is 11.8 Å². The Morgan fingerprint density at radius 3 is 2.30 bits per heavy atom. The Hall–Kier alpha value is -1.91. The second kappa shape index (κ2) is 6.69. The molecular formula is C18H28N2O3. The Morgan fingerprint density at radius 2 is 1.78 bits per heavy atom. The molecule has 0 aromatic heterocycles. The first kappa shape index (κ1) is 17.4. The number of anilines is 1. The van der Waals surface area contributed by atoms with Gasteiger partial charge in [-0.2, -0.15) is 0 Å². The Bertz CT molecular complexity index is 541. The molecule has 1 aliphatic rings. The maximum atomic E-state index is 12.3. The number of piperazine rings is 1. The number of methoxy groups -OCH3 is 1. The fourth-order valence-electron chi connectivity index (χ4n) is 3.08. The number of hydrogen-bond acceptors (Lipinski definition) is 4. The van der Waals surface area contributed by atoms with Crippen molar-refractivity contribution in [3.63, 3.8) is 0 Å². The lowest BCUT2D eigenvalue weighted by molar-refractivity contribution is 0.0193. The van der Waals surface area contributed by atoms with Crippen LogP contribution in [0.1, 0.15) is 34.6 Å². The second-order valence-corrected chi connectivity index (χ2v) is 7.19. The quantitative estimate of drug-likeness (QED) is 0.836. The molecule has 1 aromatic carbocycles. The van der Waals surface area contributed by atoms with Crippen molar-refractivity contribution in [1.82, 2.24) is 4.90 Å². The molecule has 5 nitrogen and oxygen atoms in total. The van der Waals surface area contributed by atoms with Crippen molar-refractivity contribution in [1.29, 1.82) is 0 Å². The summed E-state index contributed by atoms with van der Waals surface area (Å²) in [6, 6.07) is 8.47. The fraction of sp³-hybridized carbons (Fsp3) is 0.611. The van der Waals surface area contributed by atoms with E-state index in [4.69, 9.17) is 9.47 Å². The molecule has 1 aromatic rings. The number of ether oxygens (including phenoxy) is 2. The average molecular weight is 320 g/mol. The molecule has 1 amide bonds. The highest BCUT2D eigenvalue weighted by atomic mass is 16.6. The van der Waals surface area contributed by atoms with Crippen LogP contribution in [-0.4, -0.2) is 48.9 Å². The van der Waals surface area contributed by atoms with Crippen LogP contribution in [0, 0.1) is 0 Å². The minimum Gasteiger partial charge on any atom is -0.497 e. The second-order valence-electron chi connectivity index (χ2n) is 7.19. The van der Waals surface area contributed by atoms with E-state index in [1.807, 2.05) is 39.0 Å². The number of carbonyl (C=O) groups excluding carboxylic acids is 1. The Kier molecular flexibility index (Phi) is 5.07. The van der Waals surface area contributed by atoms with E-state index < -0.39 is 5.60 Å². The van der Waals surface area contributed by atoms with Gasteiger partial charge in [-0.05, 0) is 46.8 Å². The number of nitrogens with zero attached hydrogens (tertiary/aromatic N) is 2. The summed E-state index contributed by atoms with van der Waals surface area (Å²) < 4.78 is 10.8. The molecule has 2 unspecified atom stereocenters. The SMILES string of the molecule is COc1cccc(N2C(C)CN(C(=O)OC(C)(C)C)CC2C)c1. The number of amides is 1. The molecule has 0 aliphatic carbocycles. The molecule has 0 N–H and O–H groups in total. The molecular weight excluding hydrogens is 292 g/mol. The predicted octanol–water partition coefficient (Wildman–Crippen LogP) is 3.53. The van der Waals surface area contributed by atoms with Gasteiger partial charge in [-0.3, -0.25) is 0 Å². The van der Waals surface area contributed by atoms with E-state index in [-0.39, 0.29) is 18.2 Å². The van der Waals surface area contributed by atoms with Gasteiger partial charge in [0.05, 0.1) is 7.11 Å². The van der Waals surface area contributed by atoms with Gasteiger partial charge in [-0.25, -0.2) is 4.79 Å². The van der Waals surface area contributed by atoms with Crippen molar-refractivity contribution in [3.05, 3.63) is 24.3 Å². The standard InChI is InChI=1S/C18H28N2O3/c1-13-11-19(17(21)23-18(3,4)5)12-14(2)20(13)15-8-7-9-16(10-15)22-6/h7-10,13-14H,11-12H2,1-6H3. The predicted molar refractivity (Wildman–Crippen MR) is 92.2 cm³/mol. The third-order valence-corrected chi connectivity index (χ3v) is 3.92. The van der Waals surface area contributed by atoms with Crippen molar-refractivity contribution in [2.45, 2.75) is 52.3 Å². The molecule has 0 saturated carbocycles. The van der Waals surface area contributed by atoms with Gasteiger partial charge in [0, 0.05) is 36.9 Å². The normalized spacial score (nSPS) is 22.0. The zero-order valence-corrected chi connectivity index (χ0v) is 15.0. The van der Waals surface area contributed by atoms with Crippen molar-refractivity contribution < 1.29 is 14.3 Å². The van der Waals surface area contributed by atoms with Crippen LogP contribution in [0.25, 0.3) is 0 Å². The number of hydrogen-bond donors (Lipinski definition) is 0. The minimum absolute atomic E-state index is 0.207. The molecule has 1 aliphatic heterocycles. The van der Waals surface area contributed by atoms with E-state index in [2.05, 4.69) is 24.8 Å². The van der Waals surface area contributed by atoms with Crippen molar-refractivity contribution in [2.75, 3.05) is 25.1 Å². The van der Waals surface area contributed by atoms with E-state index in [1.165, 1.54) is 0 Å². The molecule has 1 heterocycles. The molecule has 0 radical (unpaired) electrons. The zero-order valence-electron chi connectivity index (χ0n) is 15.0. The number of rotatable bonds is 2.